The van der Waals surface area contributed by atoms with Crippen LogP contribution in [0.5, 0.6) is 0 Å². The fourth-order valence-corrected chi connectivity index (χ4v) is 2.40. The van der Waals surface area contributed by atoms with Crippen molar-refractivity contribution in [1.82, 2.24) is 20.1 Å². The summed E-state index contributed by atoms with van der Waals surface area (Å²) in [4.78, 5) is 12.0. The van der Waals surface area contributed by atoms with E-state index in [-0.39, 0.29) is 5.91 Å². The molecule has 0 bridgehead atoms. The first-order chi connectivity index (χ1) is 8.57. The Morgan fingerprint density at radius 3 is 3.11 bits per heavy atom. The Hall–Kier alpha value is -1.21. The number of nitrogens with zero attached hydrogens (tertiary/aromatic N) is 2. The highest BCUT2D eigenvalue weighted by Gasteiger charge is 2.37. The molecule has 1 aromatic heterocycles. The predicted molar refractivity (Wildman–Crippen MR) is 68.5 cm³/mol. The van der Waals surface area contributed by atoms with Gasteiger partial charge in [0.25, 0.3) is 5.91 Å². The van der Waals surface area contributed by atoms with E-state index in [1.54, 1.807) is 0 Å². The molecule has 1 amide bonds. The average molecular weight is 270 g/mol. The van der Waals surface area contributed by atoms with E-state index in [1.807, 2.05) is 18.4 Å². The molecular formula is C11H18N4O2S. The summed E-state index contributed by atoms with van der Waals surface area (Å²) in [6.45, 7) is 5.55. The lowest BCUT2D eigenvalue weighted by atomic mass is 10.0. The van der Waals surface area contributed by atoms with Crippen LogP contribution < -0.4 is 5.32 Å². The topological polar surface area (TPSA) is 71.9 Å². The van der Waals surface area contributed by atoms with Crippen LogP contribution in [0.2, 0.25) is 0 Å². The molecule has 1 aromatic rings. The molecule has 1 atom stereocenters. The quantitative estimate of drug-likeness (QED) is 0.805. The summed E-state index contributed by atoms with van der Waals surface area (Å²) in [6, 6.07) is 0. The van der Waals surface area contributed by atoms with Gasteiger partial charge in [0.15, 0.2) is 10.6 Å². The van der Waals surface area contributed by atoms with Crippen molar-refractivity contribution in [2.75, 3.05) is 6.61 Å². The summed E-state index contributed by atoms with van der Waals surface area (Å²) in [7, 11) is 0. The van der Waals surface area contributed by atoms with Crippen LogP contribution in [-0.4, -0.2) is 32.9 Å². The molecule has 0 saturated carbocycles. The molecule has 18 heavy (non-hydrogen) atoms. The minimum Gasteiger partial charge on any atom is -0.365 e. The van der Waals surface area contributed by atoms with Crippen LogP contribution in [0.4, 0.5) is 0 Å². The van der Waals surface area contributed by atoms with Crippen molar-refractivity contribution in [3.05, 3.63) is 10.6 Å². The maximum absolute atomic E-state index is 12.0. The van der Waals surface area contributed by atoms with E-state index in [0.717, 1.165) is 25.2 Å². The molecule has 100 valence electrons. The van der Waals surface area contributed by atoms with Gasteiger partial charge >= 0.3 is 0 Å². The van der Waals surface area contributed by atoms with E-state index in [0.29, 0.717) is 17.9 Å². The molecule has 0 spiro atoms. The van der Waals surface area contributed by atoms with Crippen LogP contribution in [0.1, 0.15) is 32.5 Å². The van der Waals surface area contributed by atoms with E-state index in [9.17, 15) is 4.79 Å². The lowest BCUT2D eigenvalue weighted by Crippen LogP contribution is -2.43. The zero-order chi connectivity index (χ0) is 13.2. The third-order valence-corrected chi connectivity index (χ3v) is 3.57. The Bertz CT molecular complexity index is 487. The van der Waals surface area contributed by atoms with Gasteiger partial charge in [-0.15, -0.1) is 0 Å². The number of amides is 1. The molecular weight excluding hydrogens is 252 g/mol. The number of nitrogens with one attached hydrogen (secondary N) is 2. The maximum atomic E-state index is 12.0. The largest absolute Gasteiger partial charge is 0.365 e. The summed E-state index contributed by atoms with van der Waals surface area (Å²) < 4.78 is 7.91. The molecule has 1 fully saturated rings. The fraction of sp³-hybridized carbons (Fsp3) is 0.727. The van der Waals surface area contributed by atoms with E-state index in [4.69, 9.17) is 17.0 Å². The standard InChI is InChI=1S/C11H18N4O2S/c1-3-15-8(13-14-10(15)18)7-12-9(16)11(2)5-4-6-17-11/h3-7H2,1-2H3,(H,12,16)(H,14,18)/t11-/m0/s1. The lowest BCUT2D eigenvalue weighted by Gasteiger charge is -2.21. The third-order valence-electron chi connectivity index (χ3n) is 3.26. The maximum Gasteiger partial charge on any atom is 0.252 e. The smallest absolute Gasteiger partial charge is 0.252 e. The van der Waals surface area contributed by atoms with E-state index >= 15 is 0 Å². The predicted octanol–water partition coefficient (Wildman–Crippen LogP) is 1.15. The third kappa shape index (κ3) is 2.46. The van der Waals surface area contributed by atoms with Crippen molar-refractivity contribution in [1.29, 1.82) is 0 Å². The van der Waals surface area contributed by atoms with E-state index in [1.165, 1.54) is 0 Å². The van der Waals surface area contributed by atoms with Gasteiger partial charge in [0.05, 0.1) is 6.54 Å². The van der Waals surface area contributed by atoms with Crippen LogP contribution >= 0.6 is 12.2 Å². The Morgan fingerprint density at radius 1 is 1.72 bits per heavy atom. The number of hydrogen-bond donors (Lipinski definition) is 2. The molecule has 0 aromatic carbocycles. The van der Waals surface area contributed by atoms with Gasteiger partial charge < -0.3 is 14.6 Å². The summed E-state index contributed by atoms with van der Waals surface area (Å²) in [5.41, 5.74) is -0.690. The Kier molecular flexibility index (Phi) is 3.82. The normalized spacial score (nSPS) is 23.2. The highest BCUT2D eigenvalue weighted by molar-refractivity contribution is 7.71. The number of carbonyl (C=O) groups excluding carboxylic acids is 1. The van der Waals surface area contributed by atoms with Crippen molar-refractivity contribution in [2.24, 2.45) is 0 Å². The molecule has 2 N–H and O–H groups in total. The number of hydrogen-bond acceptors (Lipinski definition) is 4. The van der Waals surface area contributed by atoms with Crippen LogP contribution in [0.3, 0.4) is 0 Å². The van der Waals surface area contributed by atoms with Gasteiger partial charge in [-0.25, -0.2) is 0 Å². The number of ether oxygens (including phenoxy) is 1. The molecule has 0 radical (unpaired) electrons. The van der Waals surface area contributed by atoms with Gasteiger partial charge in [-0.05, 0) is 38.9 Å². The molecule has 6 nitrogen and oxygen atoms in total. The van der Waals surface area contributed by atoms with E-state index in [2.05, 4.69) is 15.5 Å². The highest BCUT2D eigenvalue weighted by Crippen LogP contribution is 2.24. The van der Waals surface area contributed by atoms with Gasteiger partial charge in [-0.2, -0.15) is 5.10 Å². The zero-order valence-electron chi connectivity index (χ0n) is 10.7. The Balaban J connectivity index is 1.99. The van der Waals surface area contributed by atoms with Crippen molar-refractivity contribution in [3.8, 4) is 0 Å². The molecule has 0 unspecified atom stereocenters. The molecule has 7 heteroatoms. The van der Waals surface area contributed by atoms with Crippen molar-refractivity contribution < 1.29 is 9.53 Å². The summed E-state index contributed by atoms with van der Waals surface area (Å²) >= 11 is 5.09. The first-order valence-corrected chi connectivity index (χ1v) is 6.54. The lowest BCUT2D eigenvalue weighted by molar-refractivity contribution is -0.139. The molecule has 1 aliphatic heterocycles. The number of rotatable bonds is 4. The van der Waals surface area contributed by atoms with Gasteiger partial charge in [0.1, 0.15) is 5.60 Å². The average Bonchev–Trinajstić information content (AvgIpc) is 2.93. The van der Waals surface area contributed by atoms with Crippen molar-refractivity contribution in [2.45, 2.75) is 45.4 Å². The Labute approximate surface area is 111 Å². The monoisotopic (exact) mass is 270 g/mol. The second kappa shape index (κ2) is 5.19. The summed E-state index contributed by atoms with van der Waals surface area (Å²) in [5.74, 6) is 0.647. The number of carbonyl (C=O) groups is 1. The summed E-state index contributed by atoms with van der Waals surface area (Å²) in [5, 5.41) is 9.68. The number of aromatic amines is 1. The van der Waals surface area contributed by atoms with Crippen LogP contribution in [0.25, 0.3) is 0 Å². The second-order valence-electron chi connectivity index (χ2n) is 4.55. The molecule has 1 saturated heterocycles. The Morgan fingerprint density at radius 2 is 2.50 bits per heavy atom. The zero-order valence-corrected chi connectivity index (χ0v) is 11.5. The van der Waals surface area contributed by atoms with Gasteiger partial charge in [0, 0.05) is 13.2 Å². The SMILES string of the molecule is CCn1c(CNC(=O)[C@]2(C)CCCO2)n[nH]c1=S. The molecule has 2 rings (SSSR count). The molecule has 1 aliphatic rings. The minimum absolute atomic E-state index is 0.0865. The fourth-order valence-electron chi connectivity index (χ4n) is 2.12. The highest BCUT2D eigenvalue weighted by atomic mass is 32.1. The first kappa shape index (κ1) is 13.2. The summed E-state index contributed by atoms with van der Waals surface area (Å²) in [6.07, 6.45) is 1.69. The number of aromatic nitrogens is 3. The van der Waals surface area contributed by atoms with Crippen LogP contribution in [0, 0.1) is 4.77 Å². The van der Waals surface area contributed by atoms with Crippen LogP contribution in [-0.2, 0) is 22.6 Å². The van der Waals surface area contributed by atoms with Crippen molar-refractivity contribution >= 4 is 18.1 Å². The van der Waals surface area contributed by atoms with Gasteiger partial charge in [0.2, 0.25) is 0 Å². The molecule has 0 aliphatic carbocycles. The van der Waals surface area contributed by atoms with Crippen LogP contribution in [0.15, 0.2) is 0 Å². The minimum atomic E-state index is -0.690. The number of H-pyrrole nitrogens is 1. The first-order valence-electron chi connectivity index (χ1n) is 6.13. The van der Waals surface area contributed by atoms with Gasteiger partial charge in [-0.3, -0.25) is 9.89 Å². The van der Waals surface area contributed by atoms with Gasteiger partial charge in [-0.1, -0.05) is 0 Å². The second-order valence-corrected chi connectivity index (χ2v) is 4.94. The van der Waals surface area contributed by atoms with Crippen molar-refractivity contribution in [3.63, 3.8) is 0 Å². The van der Waals surface area contributed by atoms with E-state index < -0.39 is 5.60 Å². The molecule has 2 heterocycles.